The molecule has 7 heteroatoms. The second kappa shape index (κ2) is 6.15. The van der Waals surface area contributed by atoms with E-state index in [1.807, 2.05) is 6.07 Å². The summed E-state index contributed by atoms with van der Waals surface area (Å²) in [7, 11) is 0. The maximum atomic E-state index is 13.4. The number of aromatic nitrogens is 2. The third kappa shape index (κ3) is 3.24. The fraction of sp³-hybridized carbons (Fsp3) is 0.214. The van der Waals surface area contributed by atoms with Gasteiger partial charge >= 0.3 is 5.69 Å². The Balaban J connectivity index is 2.43. The molecule has 0 saturated carbocycles. The van der Waals surface area contributed by atoms with E-state index in [1.165, 1.54) is 29.0 Å². The van der Waals surface area contributed by atoms with Gasteiger partial charge in [0, 0.05) is 25.4 Å². The zero-order valence-electron chi connectivity index (χ0n) is 11.1. The van der Waals surface area contributed by atoms with Crippen LogP contribution in [0.3, 0.4) is 0 Å². The van der Waals surface area contributed by atoms with Gasteiger partial charge in [-0.25, -0.2) is 9.18 Å². The van der Waals surface area contributed by atoms with Crippen molar-refractivity contribution in [3.8, 4) is 6.07 Å². The molecule has 0 unspecified atom stereocenters. The molecule has 21 heavy (non-hydrogen) atoms. The van der Waals surface area contributed by atoms with E-state index in [2.05, 4.69) is 0 Å². The molecule has 0 aliphatic heterocycles. The quantitative estimate of drug-likeness (QED) is 0.858. The number of halogens is 1. The maximum absolute atomic E-state index is 13.4. The highest BCUT2D eigenvalue weighted by atomic mass is 19.1. The van der Waals surface area contributed by atoms with Crippen LogP contribution in [0.4, 0.5) is 4.39 Å². The molecule has 0 saturated heterocycles. The van der Waals surface area contributed by atoms with Gasteiger partial charge in [0.2, 0.25) is 0 Å². The largest absolute Gasteiger partial charge is 0.331 e. The Bertz CT molecular complexity index is 817. The van der Waals surface area contributed by atoms with Crippen molar-refractivity contribution in [2.75, 3.05) is 6.54 Å². The lowest BCUT2D eigenvalue weighted by Gasteiger charge is -2.09. The van der Waals surface area contributed by atoms with Gasteiger partial charge in [-0.15, -0.1) is 0 Å². The molecule has 0 bridgehead atoms. The van der Waals surface area contributed by atoms with Crippen molar-refractivity contribution in [3.05, 3.63) is 68.2 Å². The SMILES string of the molecule is N#Cc1cc(F)cc(Cn2ccc(=O)n(CCN)c2=O)c1. The predicted octanol–water partition coefficient (Wildman–Crippen LogP) is 0.0278. The average Bonchev–Trinajstić information content (AvgIpc) is 2.46. The van der Waals surface area contributed by atoms with Crippen molar-refractivity contribution in [1.29, 1.82) is 5.26 Å². The van der Waals surface area contributed by atoms with E-state index in [4.69, 9.17) is 11.0 Å². The van der Waals surface area contributed by atoms with Gasteiger partial charge in [-0.2, -0.15) is 5.26 Å². The molecular weight excluding hydrogens is 275 g/mol. The van der Waals surface area contributed by atoms with Crippen molar-refractivity contribution in [1.82, 2.24) is 9.13 Å². The molecule has 0 amide bonds. The Hall–Kier alpha value is -2.72. The number of nitrogens with zero attached hydrogens (tertiary/aromatic N) is 3. The van der Waals surface area contributed by atoms with Crippen LogP contribution in [-0.4, -0.2) is 15.7 Å². The first-order valence-corrected chi connectivity index (χ1v) is 6.25. The fourth-order valence-corrected chi connectivity index (χ4v) is 2.01. The summed E-state index contributed by atoms with van der Waals surface area (Å²) >= 11 is 0. The van der Waals surface area contributed by atoms with E-state index >= 15 is 0 Å². The van der Waals surface area contributed by atoms with Gasteiger partial charge in [0.15, 0.2) is 0 Å². The molecule has 2 aromatic rings. The number of hydrogen-bond donors (Lipinski definition) is 1. The van der Waals surface area contributed by atoms with Crippen molar-refractivity contribution in [2.45, 2.75) is 13.1 Å². The van der Waals surface area contributed by atoms with Crippen molar-refractivity contribution < 1.29 is 4.39 Å². The minimum Gasteiger partial charge on any atom is -0.329 e. The maximum Gasteiger partial charge on any atom is 0.331 e. The second-order valence-corrected chi connectivity index (χ2v) is 4.46. The van der Waals surface area contributed by atoms with Gasteiger partial charge in [0.25, 0.3) is 5.56 Å². The minimum absolute atomic E-state index is 0.0656. The number of hydrogen-bond acceptors (Lipinski definition) is 4. The first kappa shape index (κ1) is 14.7. The smallest absolute Gasteiger partial charge is 0.329 e. The summed E-state index contributed by atoms with van der Waals surface area (Å²) in [6.45, 7) is 0.346. The fourth-order valence-electron chi connectivity index (χ4n) is 2.01. The Morgan fingerprint density at radius 1 is 1.29 bits per heavy atom. The summed E-state index contributed by atoms with van der Waals surface area (Å²) in [6.07, 6.45) is 1.34. The highest BCUT2D eigenvalue weighted by Gasteiger charge is 2.07. The van der Waals surface area contributed by atoms with Gasteiger partial charge < -0.3 is 5.73 Å². The van der Waals surface area contributed by atoms with E-state index in [0.717, 1.165) is 10.6 Å². The number of benzene rings is 1. The molecular formula is C14H13FN4O2. The monoisotopic (exact) mass is 288 g/mol. The molecule has 6 nitrogen and oxygen atoms in total. The molecule has 0 radical (unpaired) electrons. The van der Waals surface area contributed by atoms with Crippen LogP contribution in [0.5, 0.6) is 0 Å². The lowest BCUT2D eigenvalue weighted by Crippen LogP contribution is -2.40. The van der Waals surface area contributed by atoms with Gasteiger partial charge in [0.05, 0.1) is 18.2 Å². The summed E-state index contributed by atoms with van der Waals surface area (Å²) in [5.74, 6) is -0.549. The molecule has 0 atom stereocenters. The van der Waals surface area contributed by atoms with E-state index in [1.54, 1.807) is 0 Å². The molecule has 1 aromatic carbocycles. The lowest BCUT2D eigenvalue weighted by molar-refractivity contribution is 0.576. The molecule has 0 aliphatic rings. The van der Waals surface area contributed by atoms with E-state index < -0.39 is 17.1 Å². The van der Waals surface area contributed by atoms with Gasteiger partial charge in [-0.1, -0.05) is 0 Å². The first-order valence-electron chi connectivity index (χ1n) is 6.25. The van der Waals surface area contributed by atoms with E-state index in [-0.39, 0.29) is 25.2 Å². The molecule has 0 spiro atoms. The Morgan fingerprint density at radius 2 is 2.05 bits per heavy atom. The molecule has 108 valence electrons. The Morgan fingerprint density at radius 3 is 2.71 bits per heavy atom. The van der Waals surface area contributed by atoms with Crippen LogP contribution in [0.25, 0.3) is 0 Å². The second-order valence-electron chi connectivity index (χ2n) is 4.46. The van der Waals surface area contributed by atoms with Crippen LogP contribution in [0.15, 0.2) is 40.1 Å². The number of nitrogens with two attached hydrogens (primary N) is 1. The van der Waals surface area contributed by atoms with Crippen molar-refractivity contribution in [2.24, 2.45) is 5.73 Å². The zero-order chi connectivity index (χ0) is 15.4. The summed E-state index contributed by atoms with van der Waals surface area (Å²) in [5, 5.41) is 8.81. The van der Waals surface area contributed by atoms with Gasteiger partial charge in [-0.3, -0.25) is 13.9 Å². The first-order chi connectivity index (χ1) is 10.0. The lowest BCUT2D eigenvalue weighted by atomic mass is 10.1. The van der Waals surface area contributed by atoms with E-state index in [9.17, 15) is 14.0 Å². The topological polar surface area (TPSA) is 93.8 Å². The summed E-state index contributed by atoms with van der Waals surface area (Å²) in [5.41, 5.74) is 5.05. The van der Waals surface area contributed by atoms with Crippen LogP contribution in [-0.2, 0) is 13.1 Å². The molecule has 1 aromatic heterocycles. The summed E-state index contributed by atoms with van der Waals surface area (Å²) in [6, 6.07) is 6.95. The highest BCUT2D eigenvalue weighted by molar-refractivity contribution is 5.33. The van der Waals surface area contributed by atoms with Crippen LogP contribution in [0.2, 0.25) is 0 Å². The zero-order valence-corrected chi connectivity index (χ0v) is 11.1. The van der Waals surface area contributed by atoms with Crippen LogP contribution in [0, 0.1) is 17.1 Å². The Labute approximate surface area is 119 Å². The third-order valence-corrected chi connectivity index (χ3v) is 2.93. The molecule has 0 fully saturated rings. The Kier molecular flexibility index (Phi) is 4.30. The van der Waals surface area contributed by atoms with Crippen LogP contribution >= 0.6 is 0 Å². The third-order valence-electron chi connectivity index (χ3n) is 2.93. The number of nitriles is 1. The van der Waals surface area contributed by atoms with Crippen molar-refractivity contribution in [3.63, 3.8) is 0 Å². The van der Waals surface area contributed by atoms with Crippen LogP contribution in [0.1, 0.15) is 11.1 Å². The summed E-state index contributed by atoms with van der Waals surface area (Å²) in [4.78, 5) is 23.7. The summed E-state index contributed by atoms with van der Waals surface area (Å²) < 4.78 is 15.7. The average molecular weight is 288 g/mol. The van der Waals surface area contributed by atoms with Gasteiger partial charge in [-0.05, 0) is 23.8 Å². The molecule has 0 aliphatic carbocycles. The number of rotatable bonds is 4. The molecule has 2 N–H and O–H groups in total. The van der Waals surface area contributed by atoms with E-state index in [0.29, 0.717) is 5.56 Å². The highest BCUT2D eigenvalue weighted by Crippen LogP contribution is 2.09. The van der Waals surface area contributed by atoms with Gasteiger partial charge in [0.1, 0.15) is 5.82 Å². The molecule has 2 rings (SSSR count). The molecule has 1 heterocycles. The van der Waals surface area contributed by atoms with Crippen LogP contribution < -0.4 is 17.0 Å². The standard InChI is InChI=1S/C14H13FN4O2/c15-12-6-10(8-17)5-11(7-12)9-18-3-1-13(20)19(4-2-16)14(18)21/h1,3,5-7H,2,4,9,16H2. The predicted molar refractivity (Wildman–Crippen MR) is 74.2 cm³/mol. The minimum atomic E-state index is -0.549. The normalized spacial score (nSPS) is 10.3. The van der Waals surface area contributed by atoms with Crippen molar-refractivity contribution >= 4 is 0 Å².